The van der Waals surface area contributed by atoms with Crippen LogP contribution in [0.2, 0.25) is 0 Å². The van der Waals surface area contributed by atoms with E-state index in [9.17, 15) is 18.7 Å². The minimum atomic E-state index is -1.61. The van der Waals surface area contributed by atoms with Crippen LogP contribution in [-0.4, -0.2) is 17.1 Å². The minimum Gasteiger partial charge on any atom is -0.480 e. The predicted octanol–water partition coefficient (Wildman–Crippen LogP) is 2.80. The van der Waals surface area contributed by atoms with Gasteiger partial charge < -0.3 is 5.11 Å². The van der Waals surface area contributed by atoms with Gasteiger partial charge in [-0.15, -0.1) is 0 Å². The van der Waals surface area contributed by atoms with Gasteiger partial charge in [0.2, 0.25) is 0 Å². The molecule has 2 rings (SSSR count). The summed E-state index contributed by atoms with van der Waals surface area (Å²) in [6, 6.07) is 2.92. The number of nitrogens with one attached hydrogen (secondary N) is 1. The standard InChI is InChI=1S/C14H17F2NO2/c1-14(13(18)19,17-10-4-2-3-5-10)11-8-9(15)6-7-12(11)16/h6-8,10,17H,2-5H2,1H3,(H,18,19). The molecule has 0 aromatic heterocycles. The van der Waals surface area contributed by atoms with Crippen molar-refractivity contribution in [2.24, 2.45) is 0 Å². The molecule has 1 aliphatic rings. The number of halogens is 2. The molecule has 1 aliphatic carbocycles. The van der Waals surface area contributed by atoms with E-state index in [4.69, 9.17) is 0 Å². The predicted molar refractivity (Wildman–Crippen MR) is 66.7 cm³/mol. The average Bonchev–Trinajstić information content (AvgIpc) is 2.84. The van der Waals surface area contributed by atoms with Gasteiger partial charge in [0.25, 0.3) is 0 Å². The largest absolute Gasteiger partial charge is 0.480 e. The Balaban J connectivity index is 2.37. The molecular weight excluding hydrogens is 252 g/mol. The van der Waals surface area contributed by atoms with Crippen molar-refractivity contribution in [2.75, 3.05) is 0 Å². The lowest BCUT2D eigenvalue weighted by Crippen LogP contribution is -2.51. The smallest absolute Gasteiger partial charge is 0.328 e. The Morgan fingerprint density at radius 2 is 2.00 bits per heavy atom. The number of rotatable bonds is 4. The van der Waals surface area contributed by atoms with Crippen LogP contribution in [0.15, 0.2) is 18.2 Å². The molecule has 0 bridgehead atoms. The molecule has 5 heteroatoms. The topological polar surface area (TPSA) is 49.3 Å². The highest BCUT2D eigenvalue weighted by atomic mass is 19.1. The van der Waals surface area contributed by atoms with Crippen LogP contribution in [0, 0.1) is 11.6 Å². The summed E-state index contributed by atoms with van der Waals surface area (Å²) in [6.07, 6.45) is 3.78. The quantitative estimate of drug-likeness (QED) is 0.883. The van der Waals surface area contributed by atoms with Crippen molar-refractivity contribution in [1.82, 2.24) is 5.32 Å². The highest BCUT2D eigenvalue weighted by molar-refractivity contribution is 5.80. The minimum absolute atomic E-state index is 0.0313. The van der Waals surface area contributed by atoms with E-state index in [2.05, 4.69) is 5.32 Å². The summed E-state index contributed by atoms with van der Waals surface area (Å²) in [5.41, 5.74) is -1.77. The summed E-state index contributed by atoms with van der Waals surface area (Å²) in [4.78, 5) is 11.5. The summed E-state index contributed by atoms with van der Waals surface area (Å²) in [7, 11) is 0. The fraction of sp³-hybridized carbons (Fsp3) is 0.500. The van der Waals surface area contributed by atoms with Gasteiger partial charge in [-0.1, -0.05) is 12.8 Å². The Bertz CT molecular complexity index is 486. The van der Waals surface area contributed by atoms with Gasteiger partial charge in [-0.05, 0) is 38.0 Å². The highest BCUT2D eigenvalue weighted by Gasteiger charge is 2.40. The van der Waals surface area contributed by atoms with Crippen LogP contribution in [0.25, 0.3) is 0 Å². The van der Waals surface area contributed by atoms with Gasteiger partial charge in [0.1, 0.15) is 17.2 Å². The monoisotopic (exact) mass is 269 g/mol. The summed E-state index contributed by atoms with van der Waals surface area (Å²) in [5.74, 6) is -2.56. The fourth-order valence-corrected chi connectivity index (χ4v) is 2.61. The number of benzene rings is 1. The van der Waals surface area contributed by atoms with E-state index in [0.29, 0.717) is 0 Å². The van der Waals surface area contributed by atoms with Crippen LogP contribution >= 0.6 is 0 Å². The Morgan fingerprint density at radius 1 is 1.37 bits per heavy atom. The molecule has 19 heavy (non-hydrogen) atoms. The molecule has 1 aromatic carbocycles. The maximum Gasteiger partial charge on any atom is 0.328 e. The first-order chi connectivity index (χ1) is 8.93. The molecule has 2 N–H and O–H groups in total. The third-order valence-corrected chi connectivity index (χ3v) is 3.74. The van der Waals surface area contributed by atoms with Crippen molar-refractivity contribution < 1.29 is 18.7 Å². The van der Waals surface area contributed by atoms with E-state index in [0.717, 1.165) is 43.9 Å². The molecule has 0 spiro atoms. The van der Waals surface area contributed by atoms with Crippen LogP contribution in [0.4, 0.5) is 8.78 Å². The molecule has 0 radical (unpaired) electrons. The molecule has 104 valence electrons. The average molecular weight is 269 g/mol. The molecular formula is C14H17F2NO2. The first kappa shape index (κ1) is 13.9. The molecule has 0 amide bonds. The van der Waals surface area contributed by atoms with Crippen LogP contribution in [0.5, 0.6) is 0 Å². The van der Waals surface area contributed by atoms with Crippen molar-refractivity contribution in [2.45, 2.75) is 44.2 Å². The SMILES string of the molecule is CC(NC1CCCC1)(C(=O)O)c1cc(F)ccc1F. The Hall–Kier alpha value is -1.49. The third-order valence-electron chi connectivity index (χ3n) is 3.74. The first-order valence-corrected chi connectivity index (χ1v) is 6.40. The van der Waals surface area contributed by atoms with Crippen molar-refractivity contribution in [3.63, 3.8) is 0 Å². The molecule has 1 unspecified atom stereocenters. The molecule has 0 saturated heterocycles. The number of hydrogen-bond donors (Lipinski definition) is 2. The second-order valence-corrected chi connectivity index (χ2v) is 5.18. The van der Waals surface area contributed by atoms with Crippen molar-refractivity contribution in [1.29, 1.82) is 0 Å². The van der Waals surface area contributed by atoms with Crippen LogP contribution in [0.1, 0.15) is 38.2 Å². The van der Waals surface area contributed by atoms with E-state index in [1.807, 2.05) is 0 Å². The van der Waals surface area contributed by atoms with Gasteiger partial charge in [0, 0.05) is 11.6 Å². The molecule has 0 heterocycles. The van der Waals surface area contributed by atoms with Crippen molar-refractivity contribution >= 4 is 5.97 Å². The van der Waals surface area contributed by atoms with E-state index in [1.165, 1.54) is 6.92 Å². The molecule has 1 aromatic rings. The van der Waals surface area contributed by atoms with Gasteiger partial charge in [-0.3, -0.25) is 5.32 Å². The number of carboxylic acids is 1. The number of hydrogen-bond acceptors (Lipinski definition) is 2. The molecule has 1 saturated carbocycles. The number of aliphatic carboxylic acids is 1. The Labute approximate surface area is 110 Å². The maximum absolute atomic E-state index is 13.8. The number of carboxylic acid groups (broad SMARTS) is 1. The summed E-state index contributed by atoms with van der Waals surface area (Å²) in [5, 5.41) is 12.4. The second-order valence-electron chi connectivity index (χ2n) is 5.18. The lowest BCUT2D eigenvalue weighted by molar-refractivity contribution is -0.145. The van der Waals surface area contributed by atoms with Gasteiger partial charge in [0.15, 0.2) is 0 Å². The zero-order valence-electron chi connectivity index (χ0n) is 10.7. The second kappa shape index (κ2) is 5.25. The van der Waals surface area contributed by atoms with Crippen LogP contribution < -0.4 is 5.32 Å². The normalized spacial score (nSPS) is 19.3. The highest BCUT2D eigenvalue weighted by Crippen LogP contribution is 2.29. The van der Waals surface area contributed by atoms with Gasteiger partial charge in [-0.25, -0.2) is 13.6 Å². The van der Waals surface area contributed by atoms with E-state index >= 15 is 0 Å². The van der Waals surface area contributed by atoms with Crippen molar-refractivity contribution in [3.05, 3.63) is 35.4 Å². The van der Waals surface area contributed by atoms with Gasteiger partial charge in [-0.2, -0.15) is 0 Å². The Kier molecular flexibility index (Phi) is 3.85. The Morgan fingerprint density at radius 3 is 2.58 bits per heavy atom. The lowest BCUT2D eigenvalue weighted by atomic mass is 9.90. The summed E-state index contributed by atoms with van der Waals surface area (Å²) < 4.78 is 27.1. The molecule has 1 atom stereocenters. The van der Waals surface area contributed by atoms with E-state index in [-0.39, 0.29) is 11.6 Å². The fourth-order valence-electron chi connectivity index (χ4n) is 2.61. The first-order valence-electron chi connectivity index (χ1n) is 6.40. The zero-order chi connectivity index (χ0) is 14.0. The lowest BCUT2D eigenvalue weighted by Gasteiger charge is -2.30. The molecule has 1 fully saturated rings. The zero-order valence-corrected chi connectivity index (χ0v) is 10.7. The van der Waals surface area contributed by atoms with Gasteiger partial charge >= 0.3 is 5.97 Å². The van der Waals surface area contributed by atoms with Gasteiger partial charge in [0.05, 0.1) is 0 Å². The summed E-state index contributed by atoms with van der Waals surface area (Å²) >= 11 is 0. The van der Waals surface area contributed by atoms with Crippen LogP contribution in [0.3, 0.4) is 0 Å². The van der Waals surface area contributed by atoms with E-state index in [1.54, 1.807) is 0 Å². The third kappa shape index (κ3) is 2.76. The maximum atomic E-state index is 13.8. The van der Waals surface area contributed by atoms with Crippen molar-refractivity contribution in [3.8, 4) is 0 Å². The van der Waals surface area contributed by atoms with E-state index < -0.39 is 23.1 Å². The van der Waals surface area contributed by atoms with Crippen LogP contribution in [-0.2, 0) is 10.3 Å². The molecule has 0 aliphatic heterocycles. The molecule has 3 nitrogen and oxygen atoms in total. The number of carbonyl (C=O) groups is 1. The summed E-state index contributed by atoms with van der Waals surface area (Å²) in [6.45, 7) is 1.38.